The Balaban J connectivity index is 1.91. The number of hydrogen-bond donors (Lipinski definition) is 1. The molecule has 4 heteroatoms. The van der Waals surface area contributed by atoms with E-state index in [9.17, 15) is 4.79 Å². The van der Waals surface area contributed by atoms with Crippen molar-refractivity contribution in [1.82, 2.24) is 5.32 Å². The lowest BCUT2D eigenvalue weighted by Crippen LogP contribution is -2.26. The van der Waals surface area contributed by atoms with Crippen LogP contribution in [-0.4, -0.2) is 20.1 Å². The van der Waals surface area contributed by atoms with Crippen LogP contribution in [0.5, 0.6) is 11.5 Å². The molecule has 2 aromatic carbocycles. The lowest BCUT2D eigenvalue weighted by molar-refractivity contribution is -0.121. The number of benzene rings is 2. The van der Waals surface area contributed by atoms with Crippen molar-refractivity contribution in [3.8, 4) is 11.5 Å². The largest absolute Gasteiger partial charge is 0.497 e. The van der Waals surface area contributed by atoms with Crippen molar-refractivity contribution in [2.75, 3.05) is 14.2 Å². The first-order valence-electron chi connectivity index (χ1n) is 7.68. The van der Waals surface area contributed by atoms with E-state index in [4.69, 9.17) is 9.47 Å². The van der Waals surface area contributed by atoms with Gasteiger partial charge in [-0.05, 0) is 36.6 Å². The smallest absolute Gasteiger partial charge is 0.220 e. The molecule has 0 aromatic heterocycles. The first kappa shape index (κ1) is 16.9. The second kappa shape index (κ2) is 8.22. The molecule has 0 spiro atoms. The van der Waals surface area contributed by atoms with Crippen LogP contribution in [0.3, 0.4) is 0 Å². The molecule has 0 unspecified atom stereocenters. The Morgan fingerprint density at radius 1 is 1.04 bits per heavy atom. The molecule has 0 aliphatic carbocycles. The first-order valence-corrected chi connectivity index (χ1v) is 7.68. The Hall–Kier alpha value is -2.49. The fraction of sp³-hybridized carbons (Fsp3) is 0.316. The summed E-state index contributed by atoms with van der Waals surface area (Å²) >= 11 is 0. The summed E-state index contributed by atoms with van der Waals surface area (Å²) in [6.45, 7) is 1.99. The molecule has 1 atom stereocenters. The minimum atomic E-state index is 0.00328. The maximum atomic E-state index is 12.1. The SMILES string of the molecule is COc1cc(CCC(=O)N[C@@H](C)c2ccccc2)cc(OC)c1. The monoisotopic (exact) mass is 313 g/mol. The third-order valence-electron chi connectivity index (χ3n) is 3.73. The molecule has 4 nitrogen and oxygen atoms in total. The van der Waals surface area contributed by atoms with Crippen LogP contribution in [0.4, 0.5) is 0 Å². The Morgan fingerprint density at radius 3 is 2.22 bits per heavy atom. The first-order chi connectivity index (χ1) is 11.1. The lowest BCUT2D eigenvalue weighted by atomic mass is 10.1. The summed E-state index contributed by atoms with van der Waals surface area (Å²) in [6.07, 6.45) is 1.06. The zero-order valence-electron chi connectivity index (χ0n) is 13.8. The Bertz CT molecular complexity index is 618. The fourth-order valence-corrected chi connectivity index (χ4v) is 2.41. The summed E-state index contributed by atoms with van der Waals surface area (Å²) < 4.78 is 10.5. The highest BCUT2D eigenvalue weighted by atomic mass is 16.5. The van der Waals surface area contributed by atoms with Crippen LogP contribution < -0.4 is 14.8 Å². The Kier molecular flexibility index (Phi) is 6.03. The van der Waals surface area contributed by atoms with Gasteiger partial charge in [0.2, 0.25) is 5.91 Å². The van der Waals surface area contributed by atoms with Crippen LogP contribution in [0, 0.1) is 0 Å². The van der Waals surface area contributed by atoms with Gasteiger partial charge in [-0.2, -0.15) is 0 Å². The summed E-state index contributed by atoms with van der Waals surface area (Å²) in [4.78, 5) is 12.1. The maximum absolute atomic E-state index is 12.1. The van der Waals surface area contributed by atoms with Gasteiger partial charge in [-0.3, -0.25) is 4.79 Å². The molecule has 23 heavy (non-hydrogen) atoms. The van der Waals surface area contributed by atoms with Crippen molar-refractivity contribution in [3.63, 3.8) is 0 Å². The highest BCUT2D eigenvalue weighted by molar-refractivity contribution is 5.76. The molecule has 1 amide bonds. The van der Waals surface area contributed by atoms with Crippen LogP contribution in [0.2, 0.25) is 0 Å². The Morgan fingerprint density at radius 2 is 1.65 bits per heavy atom. The summed E-state index contributed by atoms with van der Waals surface area (Å²) in [5.74, 6) is 1.50. The van der Waals surface area contributed by atoms with Crippen LogP contribution >= 0.6 is 0 Å². The van der Waals surface area contributed by atoms with Crippen molar-refractivity contribution >= 4 is 5.91 Å². The quantitative estimate of drug-likeness (QED) is 0.851. The van der Waals surface area contributed by atoms with Gasteiger partial charge >= 0.3 is 0 Å². The molecule has 1 N–H and O–H groups in total. The number of nitrogens with one attached hydrogen (secondary N) is 1. The summed E-state index contributed by atoms with van der Waals surface area (Å²) in [5.41, 5.74) is 2.12. The van der Waals surface area contributed by atoms with Gasteiger partial charge in [-0.25, -0.2) is 0 Å². The summed E-state index contributed by atoms with van der Waals surface area (Å²) in [6, 6.07) is 15.6. The van der Waals surface area contributed by atoms with Crippen LogP contribution in [0.15, 0.2) is 48.5 Å². The normalized spacial score (nSPS) is 11.6. The molecule has 0 bridgehead atoms. The van der Waals surface area contributed by atoms with E-state index < -0.39 is 0 Å². The second-order valence-corrected chi connectivity index (χ2v) is 5.42. The highest BCUT2D eigenvalue weighted by Gasteiger charge is 2.10. The van der Waals surface area contributed by atoms with Gasteiger partial charge in [0.1, 0.15) is 11.5 Å². The minimum absolute atomic E-state index is 0.00328. The molecule has 0 fully saturated rings. The molecular formula is C19H23NO3. The van der Waals surface area contributed by atoms with E-state index in [1.54, 1.807) is 14.2 Å². The van der Waals surface area contributed by atoms with Gasteiger partial charge in [0, 0.05) is 12.5 Å². The van der Waals surface area contributed by atoms with Gasteiger partial charge < -0.3 is 14.8 Å². The minimum Gasteiger partial charge on any atom is -0.497 e. The third kappa shape index (κ3) is 5.02. The van der Waals surface area contributed by atoms with Crippen LogP contribution in [0.1, 0.15) is 30.5 Å². The third-order valence-corrected chi connectivity index (χ3v) is 3.73. The number of aryl methyl sites for hydroxylation is 1. The standard InChI is InChI=1S/C19H23NO3/c1-14(16-7-5-4-6-8-16)20-19(21)10-9-15-11-17(22-2)13-18(12-15)23-3/h4-8,11-14H,9-10H2,1-3H3,(H,20,21)/t14-/m0/s1. The summed E-state index contributed by atoms with van der Waals surface area (Å²) in [5, 5.41) is 3.02. The molecule has 0 saturated carbocycles. The van der Waals surface area contributed by atoms with Crippen molar-refractivity contribution in [2.45, 2.75) is 25.8 Å². The molecule has 0 saturated heterocycles. The van der Waals surface area contributed by atoms with Crippen molar-refractivity contribution in [2.24, 2.45) is 0 Å². The number of methoxy groups -OCH3 is 2. The second-order valence-electron chi connectivity index (χ2n) is 5.42. The van der Waals surface area contributed by atoms with E-state index in [2.05, 4.69) is 5.32 Å². The average Bonchev–Trinajstić information content (AvgIpc) is 2.60. The number of carbonyl (C=O) groups is 1. The van der Waals surface area contributed by atoms with Crippen LogP contribution in [0.25, 0.3) is 0 Å². The predicted molar refractivity (Wildman–Crippen MR) is 90.9 cm³/mol. The highest BCUT2D eigenvalue weighted by Crippen LogP contribution is 2.23. The average molecular weight is 313 g/mol. The summed E-state index contributed by atoms with van der Waals surface area (Å²) in [7, 11) is 3.24. The molecule has 122 valence electrons. The maximum Gasteiger partial charge on any atom is 0.220 e. The van der Waals surface area contributed by atoms with Gasteiger partial charge in [-0.15, -0.1) is 0 Å². The van der Waals surface area contributed by atoms with Gasteiger partial charge in [0.25, 0.3) is 0 Å². The van der Waals surface area contributed by atoms with E-state index in [1.165, 1.54) is 0 Å². The number of hydrogen-bond acceptors (Lipinski definition) is 3. The van der Waals surface area contributed by atoms with E-state index in [-0.39, 0.29) is 11.9 Å². The molecular weight excluding hydrogens is 290 g/mol. The van der Waals surface area contributed by atoms with E-state index in [1.807, 2.05) is 55.5 Å². The van der Waals surface area contributed by atoms with Gasteiger partial charge in [0.15, 0.2) is 0 Å². The molecule has 0 aliphatic rings. The molecule has 2 aromatic rings. The topological polar surface area (TPSA) is 47.6 Å². The number of rotatable bonds is 7. The number of amides is 1. The van der Waals surface area contributed by atoms with Crippen molar-refractivity contribution in [3.05, 3.63) is 59.7 Å². The van der Waals surface area contributed by atoms with E-state index in [0.29, 0.717) is 12.8 Å². The predicted octanol–water partition coefficient (Wildman–Crippen LogP) is 3.51. The van der Waals surface area contributed by atoms with Gasteiger partial charge in [0.05, 0.1) is 20.3 Å². The lowest BCUT2D eigenvalue weighted by Gasteiger charge is -2.14. The number of carbonyl (C=O) groups excluding carboxylic acids is 1. The zero-order chi connectivity index (χ0) is 16.7. The van der Waals surface area contributed by atoms with E-state index >= 15 is 0 Å². The van der Waals surface area contributed by atoms with Crippen LogP contribution in [-0.2, 0) is 11.2 Å². The van der Waals surface area contributed by atoms with E-state index in [0.717, 1.165) is 22.6 Å². The van der Waals surface area contributed by atoms with Crippen molar-refractivity contribution in [1.29, 1.82) is 0 Å². The van der Waals surface area contributed by atoms with Gasteiger partial charge in [-0.1, -0.05) is 30.3 Å². The molecule has 0 heterocycles. The Labute approximate surface area is 137 Å². The zero-order valence-corrected chi connectivity index (χ0v) is 13.8. The molecule has 2 rings (SSSR count). The van der Waals surface area contributed by atoms with Crippen molar-refractivity contribution < 1.29 is 14.3 Å². The number of ether oxygens (including phenoxy) is 2. The fourth-order valence-electron chi connectivity index (χ4n) is 2.41. The molecule has 0 aliphatic heterocycles. The molecule has 0 radical (unpaired) electrons.